The van der Waals surface area contributed by atoms with E-state index in [-0.39, 0.29) is 6.42 Å². The molecule has 1 aromatic heterocycles. The minimum absolute atomic E-state index is 0.281. The van der Waals surface area contributed by atoms with Crippen LogP contribution in [-0.2, 0) is 4.79 Å². The molecule has 1 aromatic carbocycles. The molecule has 25 heavy (non-hydrogen) atoms. The number of para-hydroxylation sites is 1. The number of halogens is 2. The molecular formula is C17H14F2N4OS. The number of nitrogens with zero attached hydrogens (tertiary/aromatic N) is 3. The second kappa shape index (κ2) is 7.98. The Hall–Kier alpha value is -2.61. The summed E-state index contributed by atoms with van der Waals surface area (Å²) in [5.41, 5.74) is 1.71. The van der Waals surface area contributed by atoms with Crippen molar-refractivity contribution in [3.63, 3.8) is 0 Å². The Labute approximate surface area is 147 Å². The zero-order chi connectivity index (χ0) is 17.6. The molecule has 1 aliphatic rings. The van der Waals surface area contributed by atoms with Crippen LogP contribution in [0.25, 0.3) is 0 Å². The second-order valence-electron chi connectivity index (χ2n) is 5.16. The van der Waals surface area contributed by atoms with Gasteiger partial charge in [0.25, 0.3) is 6.43 Å². The molecule has 1 amide bonds. The summed E-state index contributed by atoms with van der Waals surface area (Å²) in [5, 5.41) is 9.21. The highest BCUT2D eigenvalue weighted by atomic mass is 32.2. The van der Waals surface area contributed by atoms with Crippen molar-refractivity contribution in [2.75, 3.05) is 5.32 Å². The Morgan fingerprint density at radius 1 is 1.08 bits per heavy atom. The van der Waals surface area contributed by atoms with Crippen LogP contribution in [0.4, 0.5) is 14.5 Å². The number of alkyl halides is 2. The van der Waals surface area contributed by atoms with Crippen molar-refractivity contribution in [2.24, 2.45) is 10.2 Å². The normalized spacial score (nSPS) is 14.8. The van der Waals surface area contributed by atoms with E-state index in [2.05, 4.69) is 20.5 Å². The lowest BCUT2D eigenvalue weighted by molar-refractivity contribution is -0.117. The van der Waals surface area contributed by atoms with Gasteiger partial charge in [0.1, 0.15) is 5.04 Å². The number of carbonyl (C=O) groups is 1. The number of hydrogen-bond donors (Lipinski definition) is 1. The summed E-state index contributed by atoms with van der Waals surface area (Å²) in [4.78, 5) is 16.3. The van der Waals surface area contributed by atoms with E-state index in [1.807, 2.05) is 6.07 Å². The molecule has 0 fully saturated rings. The summed E-state index contributed by atoms with van der Waals surface area (Å²) >= 11 is 0.732. The van der Waals surface area contributed by atoms with Gasteiger partial charge in [0, 0.05) is 18.3 Å². The summed E-state index contributed by atoms with van der Waals surface area (Å²) < 4.78 is 26.7. The molecule has 1 aliphatic heterocycles. The molecule has 0 bridgehead atoms. The number of anilines is 1. The molecule has 0 saturated heterocycles. The smallest absolute Gasteiger partial charge is 0.259 e. The summed E-state index contributed by atoms with van der Waals surface area (Å²) in [7, 11) is 0. The summed E-state index contributed by atoms with van der Waals surface area (Å²) in [5.74, 6) is -0.764. The predicted molar refractivity (Wildman–Crippen MR) is 95.3 cm³/mol. The van der Waals surface area contributed by atoms with Crippen LogP contribution >= 0.6 is 11.8 Å². The van der Waals surface area contributed by atoms with Crippen molar-refractivity contribution in [3.05, 3.63) is 60.4 Å². The number of aromatic nitrogens is 1. The number of pyridine rings is 1. The van der Waals surface area contributed by atoms with Crippen molar-refractivity contribution < 1.29 is 13.6 Å². The van der Waals surface area contributed by atoms with Crippen molar-refractivity contribution in [1.82, 2.24) is 4.98 Å². The first kappa shape index (κ1) is 17.2. The zero-order valence-electron chi connectivity index (χ0n) is 13.0. The average molecular weight is 360 g/mol. The summed E-state index contributed by atoms with van der Waals surface area (Å²) in [6.45, 7) is 0. The molecule has 3 rings (SSSR count). The quantitative estimate of drug-likeness (QED) is 0.886. The molecule has 1 unspecified atom stereocenters. The second-order valence-corrected chi connectivity index (χ2v) is 6.38. The zero-order valence-corrected chi connectivity index (χ0v) is 13.8. The lowest BCUT2D eigenvalue weighted by Crippen LogP contribution is -2.32. The fourth-order valence-electron chi connectivity index (χ4n) is 2.17. The first-order valence-electron chi connectivity index (χ1n) is 7.49. The van der Waals surface area contributed by atoms with Crippen molar-refractivity contribution in [3.8, 4) is 0 Å². The van der Waals surface area contributed by atoms with Crippen LogP contribution in [-0.4, -0.2) is 33.3 Å². The third-order valence-electron chi connectivity index (χ3n) is 3.35. The van der Waals surface area contributed by atoms with E-state index in [0.29, 0.717) is 22.1 Å². The number of thioether (sulfide) groups is 1. The minimum Gasteiger partial charge on any atom is -0.325 e. The van der Waals surface area contributed by atoms with Crippen LogP contribution in [0.5, 0.6) is 0 Å². The maximum atomic E-state index is 13.3. The molecule has 1 N–H and O–H groups in total. The van der Waals surface area contributed by atoms with Gasteiger partial charge >= 0.3 is 0 Å². The number of benzene rings is 1. The van der Waals surface area contributed by atoms with Gasteiger partial charge in [-0.05, 0) is 24.3 Å². The van der Waals surface area contributed by atoms with Crippen LogP contribution in [0.15, 0.2) is 64.9 Å². The van der Waals surface area contributed by atoms with Crippen molar-refractivity contribution in [2.45, 2.75) is 18.1 Å². The highest BCUT2D eigenvalue weighted by Crippen LogP contribution is 2.26. The molecule has 0 radical (unpaired) electrons. The maximum Gasteiger partial charge on any atom is 0.259 e. The molecule has 0 aliphatic carbocycles. The monoisotopic (exact) mass is 360 g/mol. The van der Waals surface area contributed by atoms with E-state index in [0.717, 1.165) is 11.8 Å². The third-order valence-corrected chi connectivity index (χ3v) is 4.52. The van der Waals surface area contributed by atoms with Gasteiger partial charge in [-0.3, -0.25) is 9.78 Å². The fraction of sp³-hybridized carbons (Fsp3) is 0.176. The molecule has 2 aromatic rings. The number of nitrogens with one attached hydrogen (secondary N) is 1. The van der Waals surface area contributed by atoms with Gasteiger partial charge in [0.15, 0.2) is 5.25 Å². The summed E-state index contributed by atoms with van der Waals surface area (Å²) in [6.07, 6.45) is -0.919. The highest BCUT2D eigenvalue weighted by molar-refractivity contribution is 8.15. The van der Waals surface area contributed by atoms with E-state index in [9.17, 15) is 13.6 Å². The maximum absolute atomic E-state index is 13.3. The molecule has 2 heterocycles. The molecular weight excluding hydrogens is 346 g/mol. The standard InChI is InChI=1S/C17H14F2N4OS/c18-16(19)15(17(24)21-11-6-2-1-3-7-11)25-14-10-13(22-23-14)12-8-4-5-9-20-12/h1-9,15-16H,10H2,(H,21,24). The Morgan fingerprint density at radius 2 is 1.84 bits per heavy atom. The Morgan fingerprint density at radius 3 is 2.52 bits per heavy atom. The lowest BCUT2D eigenvalue weighted by Gasteiger charge is -2.15. The SMILES string of the molecule is O=C(Nc1ccccc1)C(SC1=NN=C(c2ccccn2)C1)C(F)F. The molecule has 0 spiro atoms. The summed E-state index contributed by atoms with van der Waals surface area (Å²) in [6, 6.07) is 13.8. The largest absolute Gasteiger partial charge is 0.325 e. The van der Waals surface area contributed by atoms with Crippen LogP contribution in [0, 0.1) is 0 Å². The van der Waals surface area contributed by atoms with E-state index >= 15 is 0 Å². The fourth-order valence-corrected chi connectivity index (χ4v) is 3.04. The number of hydrogen-bond acceptors (Lipinski definition) is 5. The van der Waals surface area contributed by atoms with Crippen LogP contribution in [0.1, 0.15) is 12.1 Å². The highest BCUT2D eigenvalue weighted by Gasteiger charge is 2.32. The topological polar surface area (TPSA) is 66.7 Å². The molecule has 128 valence electrons. The van der Waals surface area contributed by atoms with Crippen LogP contribution < -0.4 is 5.32 Å². The minimum atomic E-state index is -2.82. The van der Waals surface area contributed by atoms with Crippen molar-refractivity contribution in [1.29, 1.82) is 0 Å². The molecule has 0 saturated carbocycles. The van der Waals surface area contributed by atoms with Crippen LogP contribution in [0.2, 0.25) is 0 Å². The lowest BCUT2D eigenvalue weighted by atomic mass is 10.2. The van der Waals surface area contributed by atoms with E-state index in [1.165, 1.54) is 0 Å². The average Bonchev–Trinajstić information content (AvgIpc) is 3.10. The van der Waals surface area contributed by atoms with Gasteiger partial charge in [-0.2, -0.15) is 5.10 Å². The molecule has 8 heteroatoms. The van der Waals surface area contributed by atoms with Gasteiger partial charge in [-0.25, -0.2) is 8.78 Å². The van der Waals surface area contributed by atoms with Gasteiger partial charge in [0.2, 0.25) is 5.91 Å². The first-order chi connectivity index (χ1) is 12.1. The Balaban J connectivity index is 1.62. The predicted octanol–water partition coefficient (Wildman–Crippen LogP) is 3.59. The van der Waals surface area contributed by atoms with Gasteiger partial charge in [-0.1, -0.05) is 36.0 Å². The Kier molecular flexibility index (Phi) is 5.49. The van der Waals surface area contributed by atoms with E-state index < -0.39 is 17.6 Å². The van der Waals surface area contributed by atoms with E-state index in [4.69, 9.17) is 0 Å². The van der Waals surface area contributed by atoms with Crippen molar-refractivity contribution >= 4 is 34.1 Å². The first-order valence-corrected chi connectivity index (χ1v) is 8.37. The van der Waals surface area contributed by atoms with Crippen LogP contribution in [0.3, 0.4) is 0 Å². The van der Waals surface area contributed by atoms with Gasteiger partial charge in [0.05, 0.1) is 11.4 Å². The number of amides is 1. The molecule has 5 nitrogen and oxygen atoms in total. The van der Waals surface area contributed by atoms with Gasteiger partial charge < -0.3 is 5.32 Å². The van der Waals surface area contributed by atoms with E-state index in [1.54, 1.807) is 48.7 Å². The third kappa shape index (κ3) is 4.48. The van der Waals surface area contributed by atoms with Gasteiger partial charge in [-0.15, -0.1) is 5.10 Å². The Bertz CT molecular complexity index is 797. The number of carbonyl (C=O) groups excluding carboxylic acids is 1. The molecule has 1 atom stereocenters. The number of rotatable bonds is 5.